The third-order valence-corrected chi connectivity index (χ3v) is 6.21. The highest BCUT2D eigenvalue weighted by molar-refractivity contribution is 6.01. The Kier molecular flexibility index (Phi) is 7.36. The molecule has 0 heterocycles. The van der Waals surface area contributed by atoms with E-state index < -0.39 is 18.0 Å². The quantitative estimate of drug-likeness (QED) is 0.372. The van der Waals surface area contributed by atoms with E-state index >= 15 is 0 Å². The minimum Gasteiger partial charge on any atom is -0.422 e. The maximum Gasteiger partial charge on any atom is 0.329 e. The number of fused-ring (bicyclic) bond motifs is 3. The Bertz CT molecular complexity index is 1040. The lowest BCUT2D eigenvalue weighted by Crippen LogP contribution is -2.44. The third kappa shape index (κ3) is 5.03. The van der Waals surface area contributed by atoms with Crippen molar-refractivity contribution < 1.29 is 24.2 Å². The molecule has 0 spiro atoms. The lowest BCUT2D eigenvalue weighted by molar-refractivity contribution is -0.139. The minimum absolute atomic E-state index is 0.0167. The molecular formula is C26H33NO5. The Morgan fingerprint density at radius 3 is 2.47 bits per heavy atom. The summed E-state index contributed by atoms with van der Waals surface area (Å²) < 4.78 is 11.6. The summed E-state index contributed by atoms with van der Waals surface area (Å²) in [6.07, 6.45) is 6.53. The zero-order chi connectivity index (χ0) is 23.5. The Balaban J connectivity index is 2.21. The van der Waals surface area contributed by atoms with Crippen LogP contribution < -0.4 is 14.8 Å². The maximum atomic E-state index is 13.2. The van der Waals surface area contributed by atoms with Crippen LogP contribution in [0.4, 0.5) is 0 Å². The van der Waals surface area contributed by atoms with Crippen molar-refractivity contribution in [2.24, 2.45) is 11.3 Å². The van der Waals surface area contributed by atoms with Crippen LogP contribution in [0.1, 0.15) is 58.6 Å². The second-order valence-corrected chi connectivity index (χ2v) is 9.16. The zero-order valence-electron chi connectivity index (χ0n) is 19.5. The van der Waals surface area contributed by atoms with Gasteiger partial charge in [-0.15, -0.1) is 0 Å². The highest BCUT2D eigenvalue weighted by Crippen LogP contribution is 2.46. The van der Waals surface area contributed by atoms with Gasteiger partial charge in [0.25, 0.3) is 0 Å². The van der Waals surface area contributed by atoms with Crippen molar-refractivity contribution >= 4 is 28.8 Å². The first-order valence-corrected chi connectivity index (χ1v) is 11.2. The normalized spacial score (nSPS) is 16.7. The van der Waals surface area contributed by atoms with Crippen LogP contribution in [0.3, 0.4) is 0 Å². The molecule has 2 aromatic rings. The molecule has 3 rings (SSSR count). The largest absolute Gasteiger partial charge is 0.422 e. The predicted octanol–water partition coefficient (Wildman–Crippen LogP) is 4.61. The topological polar surface area (TPSA) is 84.9 Å². The molecule has 172 valence electrons. The van der Waals surface area contributed by atoms with E-state index in [0.29, 0.717) is 17.6 Å². The number of aliphatic hydroxyl groups excluding tert-OH is 1. The molecule has 1 aliphatic carbocycles. The molecule has 1 aliphatic rings. The fourth-order valence-corrected chi connectivity index (χ4v) is 4.11. The predicted molar refractivity (Wildman–Crippen MR) is 125 cm³/mol. The summed E-state index contributed by atoms with van der Waals surface area (Å²) in [6.45, 7) is 9.23. The molecule has 6 nitrogen and oxygen atoms in total. The van der Waals surface area contributed by atoms with Crippen molar-refractivity contribution in [1.82, 2.24) is 5.32 Å². The number of allylic oxidation sites excluding steroid dienone is 1. The van der Waals surface area contributed by atoms with Gasteiger partial charge in [0, 0.05) is 17.9 Å². The van der Waals surface area contributed by atoms with E-state index in [1.165, 1.54) is 6.92 Å². The Labute approximate surface area is 189 Å². The first kappa shape index (κ1) is 24.0. The summed E-state index contributed by atoms with van der Waals surface area (Å²) in [5.74, 6) is -0.493. The van der Waals surface area contributed by atoms with Crippen LogP contribution in [0, 0.1) is 11.3 Å². The van der Waals surface area contributed by atoms with Gasteiger partial charge >= 0.3 is 11.9 Å². The number of esters is 2. The van der Waals surface area contributed by atoms with Crippen molar-refractivity contribution in [2.45, 2.75) is 59.9 Å². The van der Waals surface area contributed by atoms with E-state index in [1.807, 2.05) is 38.1 Å². The van der Waals surface area contributed by atoms with Gasteiger partial charge in [0.05, 0.1) is 6.73 Å². The molecule has 0 fully saturated rings. The summed E-state index contributed by atoms with van der Waals surface area (Å²) in [5.41, 5.74) is 1.82. The standard InChI is InChI=1S/C26H33NO5/c1-6-16(2)22(27-15-28)25(30)32-24-20-10-8-7-9-18(20)19-11-13-26(4,5)14-12-21(19)23(24)31-17(3)29/h7-11,13,16,22,27-28H,6,12,14-15H2,1-5H3. The Morgan fingerprint density at radius 1 is 1.16 bits per heavy atom. The van der Waals surface area contributed by atoms with Crippen molar-refractivity contribution in [1.29, 1.82) is 0 Å². The number of hydrogen-bond acceptors (Lipinski definition) is 6. The van der Waals surface area contributed by atoms with Gasteiger partial charge in [-0.05, 0) is 35.1 Å². The smallest absolute Gasteiger partial charge is 0.329 e. The van der Waals surface area contributed by atoms with Gasteiger partial charge in [-0.2, -0.15) is 0 Å². The molecule has 0 saturated heterocycles. The van der Waals surface area contributed by atoms with Crippen LogP contribution in [-0.2, 0) is 16.0 Å². The van der Waals surface area contributed by atoms with Crippen LogP contribution >= 0.6 is 0 Å². The van der Waals surface area contributed by atoms with Crippen LogP contribution in [0.15, 0.2) is 30.3 Å². The van der Waals surface area contributed by atoms with Gasteiger partial charge < -0.3 is 14.6 Å². The summed E-state index contributed by atoms with van der Waals surface area (Å²) in [6, 6.07) is 6.98. The van der Waals surface area contributed by atoms with Gasteiger partial charge in [0.1, 0.15) is 6.04 Å². The van der Waals surface area contributed by atoms with Crippen LogP contribution in [-0.4, -0.2) is 29.8 Å². The van der Waals surface area contributed by atoms with E-state index in [9.17, 15) is 14.7 Å². The Morgan fingerprint density at radius 2 is 1.84 bits per heavy atom. The molecule has 0 saturated carbocycles. The molecule has 0 bridgehead atoms. The van der Waals surface area contributed by atoms with Gasteiger partial charge in [-0.25, -0.2) is 4.79 Å². The molecule has 2 aromatic carbocycles. The van der Waals surface area contributed by atoms with Gasteiger partial charge in [-0.3, -0.25) is 10.1 Å². The number of benzene rings is 2. The molecule has 0 aliphatic heterocycles. The summed E-state index contributed by atoms with van der Waals surface area (Å²) in [7, 11) is 0. The number of rotatable bonds is 7. The number of nitrogens with one attached hydrogen (secondary N) is 1. The summed E-state index contributed by atoms with van der Waals surface area (Å²) in [5, 5.41) is 13.8. The molecule has 6 heteroatoms. The molecule has 2 atom stereocenters. The SMILES string of the molecule is CCC(C)C(NCO)C(=O)Oc1c(OC(C)=O)c2c(c3ccccc13)C=CC(C)(C)CC2. The highest BCUT2D eigenvalue weighted by atomic mass is 16.6. The number of aliphatic hydroxyl groups is 1. The van der Waals surface area contributed by atoms with Gasteiger partial charge in [0.15, 0.2) is 11.5 Å². The first-order valence-electron chi connectivity index (χ1n) is 11.2. The summed E-state index contributed by atoms with van der Waals surface area (Å²) >= 11 is 0. The number of carbonyl (C=O) groups is 2. The highest BCUT2D eigenvalue weighted by Gasteiger charge is 2.31. The second kappa shape index (κ2) is 9.84. The molecule has 2 N–H and O–H groups in total. The van der Waals surface area contributed by atoms with Gasteiger partial charge in [-0.1, -0.05) is 70.5 Å². The monoisotopic (exact) mass is 439 g/mol. The van der Waals surface area contributed by atoms with Crippen molar-refractivity contribution in [3.63, 3.8) is 0 Å². The molecule has 0 radical (unpaired) electrons. The number of hydrogen-bond donors (Lipinski definition) is 2. The van der Waals surface area contributed by atoms with Crippen molar-refractivity contribution in [2.75, 3.05) is 6.73 Å². The zero-order valence-corrected chi connectivity index (χ0v) is 19.5. The third-order valence-electron chi connectivity index (χ3n) is 6.21. The van der Waals surface area contributed by atoms with E-state index in [4.69, 9.17) is 9.47 Å². The molecule has 32 heavy (non-hydrogen) atoms. The average molecular weight is 440 g/mol. The Hall–Kier alpha value is -2.70. The van der Waals surface area contributed by atoms with E-state index in [2.05, 4.69) is 31.3 Å². The van der Waals surface area contributed by atoms with Gasteiger partial charge in [0.2, 0.25) is 0 Å². The molecule has 0 aromatic heterocycles. The van der Waals surface area contributed by atoms with Crippen LogP contribution in [0.25, 0.3) is 16.8 Å². The fraction of sp³-hybridized carbons (Fsp3) is 0.462. The van der Waals surface area contributed by atoms with Crippen LogP contribution in [0.5, 0.6) is 11.5 Å². The summed E-state index contributed by atoms with van der Waals surface area (Å²) in [4.78, 5) is 25.2. The molecular weight excluding hydrogens is 406 g/mol. The van der Waals surface area contributed by atoms with Crippen molar-refractivity contribution in [3.05, 3.63) is 41.5 Å². The number of ether oxygens (including phenoxy) is 2. The van der Waals surface area contributed by atoms with E-state index in [-0.39, 0.29) is 23.8 Å². The minimum atomic E-state index is -0.688. The van der Waals surface area contributed by atoms with Crippen LogP contribution in [0.2, 0.25) is 0 Å². The average Bonchev–Trinajstić information content (AvgIpc) is 2.91. The lowest BCUT2D eigenvalue weighted by atomic mass is 9.87. The first-order chi connectivity index (χ1) is 15.2. The molecule has 0 amide bonds. The lowest BCUT2D eigenvalue weighted by Gasteiger charge is -2.24. The fourth-order valence-electron chi connectivity index (χ4n) is 4.11. The molecule has 2 unspecified atom stereocenters. The second-order valence-electron chi connectivity index (χ2n) is 9.16. The number of carbonyl (C=O) groups excluding carboxylic acids is 2. The van der Waals surface area contributed by atoms with E-state index in [1.54, 1.807) is 0 Å². The van der Waals surface area contributed by atoms with E-state index in [0.717, 1.165) is 29.4 Å². The van der Waals surface area contributed by atoms with Crippen molar-refractivity contribution in [3.8, 4) is 11.5 Å². The maximum absolute atomic E-state index is 13.2.